The molecule has 4 rings (SSSR count). The van der Waals surface area contributed by atoms with Crippen molar-refractivity contribution in [1.82, 2.24) is 15.0 Å². The summed E-state index contributed by atoms with van der Waals surface area (Å²) in [5, 5.41) is 4.14. The minimum absolute atomic E-state index is 0.263. The Bertz CT molecular complexity index is 1040. The van der Waals surface area contributed by atoms with Crippen molar-refractivity contribution in [3.05, 3.63) is 59.5 Å². The molecule has 0 radical (unpaired) electrons. The van der Waals surface area contributed by atoms with Crippen molar-refractivity contribution in [1.29, 1.82) is 0 Å². The second kappa shape index (κ2) is 8.38. The highest BCUT2D eigenvalue weighted by Crippen LogP contribution is 2.36. The van der Waals surface area contributed by atoms with Crippen molar-refractivity contribution in [2.24, 2.45) is 0 Å². The van der Waals surface area contributed by atoms with E-state index in [1.165, 1.54) is 11.1 Å². The predicted octanol–water partition coefficient (Wildman–Crippen LogP) is 3.88. The fraction of sp³-hybridized carbons (Fsp3) is 0.304. The molecule has 1 aromatic heterocycles. The van der Waals surface area contributed by atoms with Crippen LogP contribution in [0.4, 0.5) is 0 Å². The Morgan fingerprint density at radius 3 is 2.79 bits per heavy atom. The molecule has 148 valence electrons. The van der Waals surface area contributed by atoms with E-state index in [0.29, 0.717) is 36.3 Å². The predicted molar refractivity (Wildman–Crippen MR) is 110 cm³/mol. The topological polar surface area (TPSA) is 60.6 Å². The average molecular weight is 389 g/mol. The second-order valence-corrected chi connectivity index (χ2v) is 6.94. The number of hydrogen-bond donors (Lipinski definition) is 0. The summed E-state index contributed by atoms with van der Waals surface area (Å²) in [6.45, 7) is 1.02. The van der Waals surface area contributed by atoms with Gasteiger partial charge in [0.2, 0.25) is 11.7 Å². The van der Waals surface area contributed by atoms with Gasteiger partial charge in [0.1, 0.15) is 0 Å². The Hall–Kier alpha value is -3.30. The van der Waals surface area contributed by atoms with Crippen LogP contribution >= 0.6 is 0 Å². The lowest BCUT2D eigenvalue weighted by molar-refractivity contribution is 0.185. The lowest BCUT2D eigenvalue weighted by Gasteiger charge is -2.26. The molecule has 0 amide bonds. The first-order valence-electron chi connectivity index (χ1n) is 9.53. The molecule has 1 heterocycles. The number of terminal acetylenes is 1. The molecule has 1 aliphatic rings. The van der Waals surface area contributed by atoms with Crippen LogP contribution in [0, 0.1) is 12.3 Å². The first kappa shape index (κ1) is 19.0. The third-order valence-corrected chi connectivity index (χ3v) is 5.28. The van der Waals surface area contributed by atoms with E-state index < -0.39 is 0 Å². The second-order valence-electron chi connectivity index (χ2n) is 6.94. The van der Waals surface area contributed by atoms with E-state index in [4.69, 9.17) is 20.4 Å². The van der Waals surface area contributed by atoms with Gasteiger partial charge in [-0.05, 0) is 42.2 Å². The molecule has 1 aliphatic carbocycles. The van der Waals surface area contributed by atoms with E-state index in [2.05, 4.69) is 45.2 Å². The summed E-state index contributed by atoms with van der Waals surface area (Å²) >= 11 is 0. The van der Waals surface area contributed by atoms with E-state index in [-0.39, 0.29) is 6.04 Å². The van der Waals surface area contributed by atoms with Gasteiger partial charge in [-0.25, -0.2) is 0 Å². The average Bonchev–Trinajstić information content (AvgIpc) is 3.40. The summed E-state index contributed by atoms with van der Waals surface area (Å²) in [5.74, 6) is 5.08. The molecule has 29 heavy (non-hydrogen) atoms. The van der Waals surface area contributed by atoms with Crippen LogP contribution in [-0.4, -0.2) is 35.8 Å². The first-order chi connectivity index (χ1) is 14.2. The van der Waals surface area contributed by atoms with Gasteiger partial charge in [0.05, 0.1) is 27.3 Å². The van der Waals surface area contributed by atoms with Crippen LogP contribution in [0.3, 0.4) is 0 Å². The zero-order chi connectivity index (χ0) is 20.2. The number of rotatable bonds is 7. The van der Waals surface area contributed by atoms with E-state index in [1.54, 1.807) is 14.2 Å². The zero-order valence-electron chi connectivity index (χ0n) is 16.6. The van der Waals surface area contributed by atoms with Gasteiger partial charge in [-0.2, -0.15) is 4.98 Å². The normalized spacial score (nSPS) is 15.2. The Kier molecular flexibility index (Phi) is 5.50. The summed E-state index contributed by atoms with van der Waals surface area (Å²) in [4.78, 5) is 6.80. The molecule has 0 aliphatic heterocycles. The molecule has 6 nitrogen and oxygen atoms in total. The van der Waals surface area contributed by atoms with E-state index >= 15 is 0 Å². The maximum Gasteiger partial charge on any atom is 0.241 e. The summed E-state index contributed by atoms with van der Waals surface area (Å²) in [5.41, 5.74) is 3.52. The molecule has 2 aromatic carbocycles. The minimum Gasteiger partial charge on any atom is -0.493 e. The Labute approximate surface area is 170 Å². The van der Waals surface area contributed by atoms with Crippen LogP contribution in [-0.2, 0) is 13.0 Å². The van der Waals surface area contributed by atoms with E-state index in [9.17, 15) is 0 Å². The van der Waals surface area contributed by atoms with Crippen molar-refractivity contribution < 1.29 is 14.0 Å². The number of methoxy groups -OCH3 is 2. The van der Waals surface area contributed by atoms with Gasteiger partial charge in [0, 0.05) is 11.6 Å². The molecule has 1 atom stereocenters. The molecule has 6 heteroatoms. The van der Waals surface area contributed by atoms with Crippen LogP contribution in [0.25, 0.3) is 11.4 Å². The highest BCUT2D eigenvalue weighted by atomic mass is 16.5. The van der Waals surface area contributed by atoms with Gasteiger partial charge in [-0.1, -0.05) is 35.3 Å². The number of fused-ring (bicyclic) bond motifs is 1. The number of hydrogen-bond acceptors (Lipinski definition) is 6. The molecular formula is C23H23N3O3. The number of ether oxygens (including phenoxy) is 2. The SMILES string of the molecule is C#CCN(Cc1nc(-c2ccc(OC)c(OC)c2)no1)C1CCc2ccccc21. The van der Waals surface area contributed by atoms with Crippen molar-refractivity contribution in [3.8, 4) is 35.2 Å². The highest BCUT2D eigenvalue weighted by Gasteiger charge is 2.28. The Morgan fingerprint density at radius 1 is 1.17 bits per heavy atom. The van der Waals surface area contributed by atoms with Crippen LogP contribution in [0.5, 0.6) is 11.5 Å². The van der Waals surface area contributed by atoms with Crippen LogP contribution in [0.1, 0.15) is 29.5 Å². The summed E-state index contributed by atoms with van der Waals surface area (Å²) in [6, 6.07) is 14.3. The lowest BCUT2D eigenvalue weighted by Crippen LogP contribution is -2.27. The molecule has 3 aromatic rings. The third kappa shape index (κ3) is 3.82. The van der Waals surface area contributed by atoms with Gasteiger partial charge in [-0.3, -0.25) is 4.90 Å². The largest absolute Gasteiger partial charge is 0.493 e. The zero-order valence-corrected chi connectivity index (χ0v) is 16.6. The molecule has 0 bridgehead atoms. The van der Waals surface area contributed by atoms with E-state index in [0.717, 1.165) is 18.4 Å². The van der Waals surface area contributed by atoms with Crippen molar-refractivity contribution in [3.63, 3.8) is 0 Å². The molecule has 1 unspecified atom stereocenters. The summed E-state index contributed by atoms with van der Waals surface area (Å²) in [6.07, 6.45) is 7.74. The highest BCUT2D eigenvalue weighted by molar-refractivity contribution is 5.60. The van der Waals surface area contributed by atoms with Crippen molar-refractivity contribution in [2.45, 2.75) is 25.4 Å². The van der Waals surface area contributed by atoms with Crippen molar-refractivity contribution >= 4 is 0 Å². The number of aryl methyl sites for hydroxylation is 1. The number of nitrogens with zero attached hydrogens (tertiary/aromatic N) is 3. The monoisotopic (exact) mass is 389 g/mol. The first-order valence-corrected chi connectivity index (χ1v) is 9.53. The van der Waals surface area contributed by atoms with Crippen LogP contribution in [0.15, 0.2) is 47.0 Å². The maximum absolute atomic E-state index is 5.64. The fourth-order valence-electron chi connectivity index (χ4n) is 3.89. The van der Waals surface area contributed by atoms with Crippen molar-refractivity contribution in [2.75, 3.05) is 20.8 Å². The molecule has 0 saturated heterocycles. The van der Waals surface area contributed by atoms with Gasteiger partial charge >= 0.3 is 0 Å². The van der Waals surface area contributed by atoms with Crippen LogP contribution < -0.4 is 9.47 Å². The van der Waals surface area contributed by atoms with Gasteiger partial charge in [-0.15, -0.1) is 6.42 Å². The molecule has 0 fully saturated rings. The standard InChI is InChI=1S/C23H23N3O3/c1-4-13-26(19-11-9-16-7-5-6-8-18(16)19)15-22-24-23(25-29-22)17-10-12-20(27-2)21(14-17)28-3/h1,5-8,10,12,14,19H,9,11,13,15H2,2-3H3. The minimum atomic E-state index is 0.263. The summed E-state index contributed by atoms with van der Waals surface area (Å²) in [7, 11) is 3.20. The lowest BCUT2D eigenvalue weighted by atomic mass is 10.1. The molecule has 0 saturated carbocycles. The maximum atomic E-state index is 5.64. The van der Waals surface area contributed by atoms with Gasteiger partial charge < -0.3 is 14.0 Å². The molecule has 0 N–H and O–H groups in total. The van der Waals surface area contributed by atoms with Gasteiger partial charge in [0.15, 0.2) is 11.5 Å². The molecular weight excluding hydrogens is 366 g/mol. The number of benzene rings is 2. The van der Waals surface area contributed by atoms with Gasteiger partial charge in [0.25, 0.3) is 0 Å². The fourth-order valence-corrected chi connectivity index (χ4v) is 3.89. The summed E-state index contributed by atoms with van der Waals surface area (Å²) < 4.78 is 16.2. The van der Waals surface area contributed by atoms with Crippen LogP contribution in [0.2, 0.25) is 0 Å². The Balaban J connectivity index is 1.55. The van der Waals surface area contributed by atoms with E-state index in [1.807, 2.05) is 18.2 Å². The number of aromatic nitrogens is 2. The molecule has 0 spiro atoms. The smallest absolute Gasteiger partial charge is 0.241 e. The Morgan fingerprint density at radius 2 is 2.00 bits per heavy atom. The quantitative estimate of drug-likeness (QED) is 0.572. The third-order valence-electron chi connectivity index (χ3n) is 5.28.